The molecular formula is C16H28N2. The second-order valence-electron chi connectivity index (χ2n) is 5.21. The van der Waals surface area contributed by atoms with E-state index in [1.807, 2.05) is 0 Å². The SMILES string of the molecule is CCNC(C)CCCCN(C)c1ccc(C)cc1. The van der Waals surface area contributed by atoms with Gasteiger partial charge in [0.15, 0.2) is 0 Å². The Morgan fingerprint density at radius 3 is 2.44 bits per heavy atom. The summed E-state index contributed by atoms with van der Waals surface area (Å²) in [6.07, 6.45) is 3.83. The molecule has 0 aliphatic heterocycles. The quantitative estimate of drug-likeness (QED) is 0.707. The first-order valence-electron chi connectivity index (χ1n) is 7.14. The lowest BCUT2D eigenvalue weighted by Gasteiger charge is -2.20. The molecule has 1 rings (SSSR count). The summed E-state index contributed by atoms with van der Waals surface area (Å²) in [6, 6.07) is 9.42. The van der Waals surface area contributed by atoms with Crippen molar-refractivity contribution in [2.45, 2.75) is 46.1 Å². The van der Waals surface area contributed by atoms with Crippen molar-refractivity contribution in [1.29, 1.82) is 0 Å². The molecule has 1 aromatic carbocycles. The van der Waals surface area contributed by atoms with E-state index in [1.54, 1.807) is 0 Å². The molecule has 0 aromatic heterocycles. The van der Waals surface area contributed by atoms with Crippen LogP contribution in [0.3, 0.4) is 0 Å². The van der Waals surface area contributed by atoms with Crippen molar-refractivity contribution >= 4 is 5.69 Å². The Hall–Kier alpha value is -1.02. The van der Waals surface area contributed by atoms with Gasteiger partial charge in [-0.15, -0.1) is 0 Å². The van der Waals surface area contributed by atoms with Crippen molar-refractivity contribution in [1.82, 2.24) is 5.32 Å². The average molecular weight is 248 g/mol. The second kappa shape index (κ2) is 8.15. The number of nitrogens with zero attached hydrogens (tertiary/aromatic N) is 1. The predicted octanol–water partition coefficient (Wildman–Crippen LogP) is 3.60. The van der Waals surface area contributed by atoms with Crippen molar-refractivity contribution in [2.75, 3.05) is 25.0 Å². The van der Waals surface area contributed by atoms with Crippen molar-refractivity contribution in [3.8, 4) is 0 Å². The van der Waals surface area contributed by atoms with Crippen LogP contribution in [0.4, 0.5) is 5.69 Å². The number of benzene rings is 1. The van der Waals surface area contributed by atoms with Crippen LogP contribution in [0.2, 0.25) is 0 Å². The molecule has 2 heteroatoms. The molecule has 102 valence electrons. The highest BCUT2D eigenvalue weighted by Gasteiger charge is 2.02. The summed E-state index contributed by atoms with van der Waals surface area (Å²) in [7, 11) is 2.18. The number of rotatable bonds is 8. The maximum Gasteiger partial charge on any atom is 0.0363 e. The zero-order valence-electron chi connectivity index (χ0n) is 12.4. The highest BCUT2D eigenvalue weighted by atomic mass is 15.1. The van der Waals surface area contributed by atoms with Crippen LogP contribution in [0, 0.1) is 6.92 Å². The van der Waals surface area contributed by atoms with Gasteiger partial charge >= 0.3 is 0 Å². The van der Waals surface area contributed by atoms with Gasteiger partial charge in [-0.1, -0.05) is 31.0 Å². The summed E-state index contributed by atoms with van der Waals surface area (Å²) >= 11 is 0. The molecule has 0 radical (unpaired) electrons. The Labute approximate surface area is 112 Å². The van der Waals surface area contributed by atoms with Crippen LogP contribution in [0.25, 0.3) is 0 Å². The zero-order valence-corrected chi connectivity index (χ0v) is 12.4. The summed E-state index contributed by atoms with van der Waals surface area (Å²) in [4.78, 5) is 2.34. The van der Waals surface area contributed by atoms with Crippen molar-refractivity contribution in [3.05, 3.63) is 29.8 Å². The van der Waals surface area contributed by atoms with Crippen LogP contribution in [0.15, 0.2) is 24.3 Å². The molecule has 0 spiro atoms. The molecule has 1 unspecified atom stereocenters. The molecule has 1 N–H and O–H groups in total. The molecule has 1 atom stereocenters. The lowest BCUT2D eigenvalue weighted by atomic mass is 10.1. The van der Waals surface area contributed by atoms with E-state index in [2.05, 4.69) is 62.3 Å². The molecule has 0 fully saturated rings. The Morgan fingerprint density at radius 1 is 1.17 bits per heavy atom. The summed E-state index contributed by atoms with van der Waals surface area (Å²) in [5.41, 5.74) is 2.65. The van der Waals surface area contributed by atoms with E-state index >= 15 is 0 Å². The zero-order chi connectivity index (χ0) is 13.4. The van der Waals surface area contributed by atoms with Gasteiger partial charge in [-0.25, -0.2) is 0 Å². The highest BCUT2D eigenvalue weighted by molar-refractivity contribution is 5.46. The van der Waals surface area contributed by atoms with Crippen molar-refractivity contribution in [3.63, 3.8) is 0 Å². The van der Waals surface area contributed by atoms with Crippen molar-refractivity contribution < 1.29 is 0 Å². The maximum atomic E-state index is 3.46. The Balaban J connectivity index is 2.21. The third-order valence-electron chi connectivity index (χ3n) is 3.41. The van der Waals surface area contributed by atoms with Gasteiger partial charge in [-0.05, 0) is 45.4 Å². The Bertz CT molecular complexity index is 318. The number of unbranched alkanes of at least 4 members (excludes halogenated alkanes) is 1. The fraction of sp³-hybridized carbons (Fsp3) is 0.625. The molecule has 1 aromatic rings. The fourth-order valence-electron chi connectivity index (χ4n) is 2.18. The van der Waals surface area contributed by atoms with Crippen LogP contribution in [-0.2, 0) is 0 Å². The van der Waals surface area contributed by atoms with Crippen LogP contribution >= 0.6 is 0 Å². The molecule has 0 heterocycles. The first kappa shape index (κ1) is 15.0. The van der Waals surface area contributed by atoms with Gasteiger partial charge in [0.05, 0.1) is 0 Å². The van der Waals surface area contributed by atoms with Crippen LogP contribution in [0.1, 0.15) is 38.7 Å². The second-order valence-corrected chi connectivity index (χ2v) is 5.21. The minimum absolute atomic E-state index is 0.652. The molecule has 0 aliphatic carbocycles. The van der Waals surface area contributed by atoms with Crippen LogP contribution in [-0.4, -0.2) is 26.2 Å². The predicted molar refractivity (Wildman–Crippen MR) is 81.4 cm³/mol. The van der Waals surface area contributed by atoms with Crippen LogP contribution in [0.5, 0.6) is 0 Å². The summed E-state index contributed by atoms with van der Waals surface area (Å²) < 4.78 is 0. The molecule has 0 aliphatic rings. The van der Waals surface area contributed by atoms with E-state index in [4.69, 9.17) is 0 Å². The average Bonchev–Trinajstić information content (AvgIpc) is 2.35. The Morgan fingerprint density at radius 2 is 1.83 bits per heavy atom. The van der Waals surface area contributed by atoms with E-state index in [-0.39, 0.29) is 0 Å². The molecule has 0 bridgehead atoms. The summed E-state index contributed by atoms with van der Waals surface area (Å²) in [5.74, 6) is 0. The van der Waals surface area contributed by atoms with E-state index in [0.29, 0.717) is 6.04 Å². The molecule has 2 nitrogen and oxygen atoms in total. The number of anilines is 1. The standard InChI is InChI=1S/C16H28N2/c1-5-17-15(3)8-6-7-13-18(4)16-11-9-14(2)10-12-16/h9-12,15,17H,5-8,13H2,1-4H3. The van der Waals surface area contributed by atoms with Gasteiger partial charge in [-0.3, -0.25) is 0 Å². The minimum atomic E-state index is 0.652. The normalized spacial score (nSPS) is 12.4. The third kappa shape index (κ3) is 5.54. The van der Waals surface area contributed by atoms with E-state index in [9.17, 15) is 0 Å². The summed E-state index contributed by atoms with van der Waals surface area (Å²) in [6.45, 7) is 8.78. The van der Waals surface area contributed by atoms with Gasteiger partial charge < -0.3 is 10.2 Å². The van der Waals surface area contributed by atoms with Gasteiger partial charge in [0.25, 0.3) is 0 Å². The van der Waals surface area contributed by atoms with E-state index in [1.165, 1.54) is 30.5 Å². The highest BCUT2D eigenvalue weighted by Crippen LogP contribution is 2.14. The first-order valence-corrected chi connectivity index (χ1v) is 7.14. The van der Waals surface area contributed by atoms with Gasteiger partial charge in [0.2, 0.25) is 0 Å². The first-order chi connectivity index (χ1) is 8.63. The number of aryl methyl sites for hydroxylation is 1. The fourth-order valence-corrected chi connectivity index (χ4v) is 2.18. The van der Waals surface area contributed by atoms with Crippen molar-refractivity contribution in [2.24, 2.45) is 0 Å². The van der Waals surface area contributed by atoms with Crippen LogP contribution < -0.4 is 10.2 Å². The summed E-state index contributed by atoms with van der Waals surface area (Å²) in [5, 5.41) is 3.46. The topological polar surface area (TPSA) is 15.3 Å². The Kier molecular flexibility index (Phi) is 6.81. The molecule has 18 heavy (non-hydrogen) atoms. The third-order valence-corrected chi connectivity index (χ3v) is 3.41. The van der Waals surface area contributed by atoms with Gasteiger partial charge in [-0.2, -0.15) is 0 Å². The molecule has 0 amide bonds. The van der Waals surface area contributed by atoms with E-state index < -0.39 is 0 Å². The molecule has 0 saturated carbocycles. The smallest absolute Gasteiger partial charge is 0.0363 e. The molecular weight excluding hydrogens is 220 g/mol. The minimum Gasteiger partial charge on any atom is -0.375 e. The maximum absolute atomic E-state index is 3.46. The monoisotopic (exact) mass is 248 g/mol. The number of hydrogen-bond donors (Lipinski definition) is 1. The van der Waals surface area contributed by atoms with Gasteiger partial charge in [0.1, 0.15) is 0 Å². The number of nitrogens with one attached hydrogen (secondary N) is 1. The lowest BCUT2D eigenvalue weighted by molar-refractivity contribution is 0.503. The lowest BCUT2D eigenvalue weighted by Crippen LogP contribution is -2.25. The van der Waals surface area contributed by atoms with Gasteiger partial charge in [0, 0.05) is 25.3 Å². The molecule has 0 saturated heterocycles. The largest absolute Gasteiger partial charge is 0.375 e. The van der Waals surface area contributed by atoms with E-state index in [0.717, 1.165) is 13.1 Å². The number of hydrogen-bond acceptors (Lipinski definition) is 2.